The number of thioether (sulfide) groups is 1. The number of aromatic nitrogens is 1. The lowest BCUT2D eigenvalue weighted by Gasteiger charge is -2.22. The number of hydrogen-bond acceptors (Lipinski definition) is 4. The Bertz CT molecular complexity index is 1310. The smallest absolute Gasteiger partial charge is 0.319 e. The molecule has 2 aromatic carbocycles. The molecule has 6 nitrogen and oxygen atoms in total. The van der Waals surface area contributed by atoms with Gasteiger partial charge >= 0.3 is 6.03 Å². The molecular weight excluding hydrogens is 434 g/mol. The fourth-order valence-electron chi connectivity index (χ4n) is 5.15. The van der Waals surface area contributed by atoms with Crippen LogP contribution in [0.3, 0.4) is 0 Å². The number of rotatable bonds is 5. The van der Waals surface area contributed by atoms with E-state index in [1.54, 1.807) is 11.8 Å². The predicted octanol–water partition coefficient (Wildman–Crippen LogP) is 4.39. The zero-order chi connectivity index (χ0) is 23.3. The summed E-state index contributed by atoms with van der Waals surface area (Å²) in [7, 11) is 0. The fourth-order valence-corrected chi connectivity index (χ4v) is 5.61. The first-order valence-electron chi connectivity index (χ1n) is 10.9. The van der Waals surface area contributed by atoms with E-state index in [0.29, 0.717) is 12.0 Å². The minimum atomic E-state index is -1.05. The van der Waals surface area contributed by atoms with E-state index in [4.69, 9.17) is 0 Å². The zero-order valence-corrected chi connectivity index (χ0v) is 19.7. The highest BCUT2D eigenvalue weighted by atomic mass is 32.2. The Kier molecular flexibility index (Phi) is 5.16. The molecule has 2 aliphatic rings. The zero-order valence-electron chi connectivity index (χ0n) is 18.8. The van der Waals surface area contributed by atoms with Gasteiger partial charge in [-0.2, -0.15) is 0 Å². The second kappa shape index (κ2) is 7.92. The molecule has 33 heavy (non-hydrogen) atoms. The van der Waals surface area contributed by atoms with Crippen LogP contribution in [0.25, 0.3) is 5.69 Å². The molecule has 1 N–H and O–H groups in total. The first-order chi connectivity index (χ1) is 15.9. The van der Waals surface area contributed by atoms with Crippen molar-refractivity contribution in [1.82, 2.24) is 14.8 Å². The molecule has 1 atom stereocenters. The summed E-state index contributed by atoms with van der Waals surface area (Å²) in [6.07, 6.45) is 3.26. The van der Waals surface area contributed by atoms with Crippen molar-refractivity contribution < 1.29 is 14.4 Å². The van der Waals surface area contributed by atoms with E-state index in [9.17, 15) is 14.4 Å². The van der Waals surface area contributed by atoms with Crippen molar-refractivity contribution in [1.29, 1.82) is 0 Å². The Morgan fingerprint density at radius 1 is 1.09 bits per heavy atom. The molecule has 1 aliphatic carbocycles. The van der Waals surface area contributed by atoms with Crippen LogP contribution in [0.5, 0.6) is 0 Å². The van der Waals surface area contributed by atoms with Crippen molar-refractivity contribution in [3.05, 3.63) is 82.7 Å². The van der Waals surface area contributed by atoms with Crippen LogP contribution in [-0.2, 0) is 16.8 Å². The first-order valence-corrected chi connectivity index (χ1v) is 12.2. The summed E-state index contributed by atoms with van der Waals surface area (Å²) in [6, 6.07) is 17.1. The number of nitrogens with one attached hydrogen (secondary N) is 1. The second-order valence-electron chi connectivity index (χ2n) is 8.63. The quantitative estimate of drug-likeness (QED) is 0.349. The summed E-state index contributed by atoms with van der Waals surface area (Å²) in [5, 5.41) is 2.89. The maximum absolute atomic E-state index is 13.4. The number of ketones is 1. The van der Waals surface area contributed by atoms with Gasteiger partial charge in [-0.1, -0.05) is 30.3 Å². The Morgan fingerprint density at radius 3 is 2.67 bits per heavy atom. The maximum atomic E-state index is 13.4. The number of carbonyl (C=O) groups is 3. The van der Waals surface area contributed by atoms with Gasteiger partial charge in [-0.15, -0.1) is 11.8 Å². The lowest BCUT2D eigenvalue weighted by Crippen LogP contribution is -2.42. The molecule has 1 aliphatic heterocycles. The number of nitrogens with zero attached hydrogens (tertiary/aromatic N) is 2. The molecule has 1 fully saturated rings. The SMILES string of the molecule is CSc1cccc(-n2c(C)cc(C(=O)CN3C(=O)N[C@]4(CCc5ccccc54)C3=O)c2C)c1. The highest BCUT2D eigenvalue weighted by Crippen LogP contribution is 2.41. The van der Waals surface area contributed by atoms with Gasteiger partial charge in [0.05, 0.1) is 6.54 Å². The first kappa shape index (κ1) is 21.5. The van der Waals surface area contributed by atoms with Gasteiger partial charge in [-0.25, -0.2) is 4.79 Å². The van der Waals surface area contributed by atoms with Crippen LogP contribution in [0.1, 0.15) is 39.3 Å². The van der Waals surface area contributed by atoms with Crippen LogP contribution < -0.4 is 5.32 Å². The molecule has 3 amide bonds. The van der Waals surface area contributed by atoms with Crippen LogP contribution in [0, 0.1) is 13.8 Å². The molecule has 1 spiro atoms. The molecule has 0 bridgehead atoms. The van der Waals surface area contributed by atoms with Crippen LogP contribution in [0.15, 0.2) is 59.5 Å². The fraction of sp³-hybridized carbons (Fsp3) is 0.269. The molecule has 7 heteroatoms. The number of amides is 3. The summed E-state index contributed by atoms with van der Waals surface area (Å²) >= 11 is 1.66. The third-order valence-electron chi connectivity index (χ3n) is 6.77. The average molecular weight is 460 g/mol. The molecule has 2 heterocycles. The van der Waals surface area contributed by atoms with E-state index in [1.165, 1.54) is 0 Å². The van der Waals surface area contributed by atoms with Crippen molar-refractivity contribution in [2.45, 2.75) is 37.1 Å². The Hall–Kier alpha value is -3.32. The van der Waals surface area contributed by atoms with Gasteiger partial charge in [-0.05, 0) is 68.3 Å². The standard InChI is InChI=1S/C26H25N3O3S/c1-16-13-21(17(2)29(16)19-8-6-9-20(14-19)33-3)23(30)15-28-24(31)26(27-25(28)32)12-11-18-7-4-5-10-22(18)26/h4-10,13-14H,11-12,15H2,1-3H3,(H,27,32)/t26-/m0/s1. The van der Waals surface area contributed by atoms with Crippen LogP contribution in [-0.4, -0.2) is 40.0 Å². The van der Waals surface area contributed by atoms with Gasteiger partial charge < -0.3 is 9.88 Å². The molecule has 0 saturated carbocycles. The number of imide groups is 1. The highest BCUT2D eigenvalue weighted by Gasteiger charge is 2.55. The molecule has 0 radical (unpaired) electrons. The second-order valence-corrected chi connectivity index (χ2v) is 9.51. The number of benzene rings is 2. The predicted molar refractivity (Wildman–Crippen MR) is 128 cm³/mol. The number of aryl methyl sites for hydroxylation is 2. The number of fused-ring (bicyclic) bond motifs is 2. The largest absolute Gasteiger partial charge is 0.325 e. The average Bonchev–Trinajstić information content (AvgIpc) is 3.42. The normalized spacial score (nSPS) is 19.3. The van der Waals surface area contributed by atoms with E-state index in [2.05, 4.69) is 11.4 Å². The molecule has 5 rings (SSSR count). The van der Waals surface area contributed by atoms with Crippen molar-refractivity contribution in [3.63, 3.8) is 0 Å². The van der Waals surface area contributed by atoms with Crippen LogP contribution in [0.4, 0.5) is 4.79 Å². The summed E-state index contributed by atoms with van der Waals surface area (Å²) in [5.41, 5.74) is 4.07. The van der Waals surface area contributed by atoms with E-state index in [0.717, 1.165) is 44.4 Å². The lowest BCUT2D eigenvalue weighted by molar-refractivity contribution is -0.131. The van der Waals surface area contributed by atoms with Crippen molar-refractivity contribution in [2.75, 3.05) is 12.8 Å². The monoisotopic (exact) mass is 459 g/mol. The third kappa shape index (κ3) is 3.30. The summed E-state index contributed by atoms with van der Waals surface area (Å²) in [6.45, 7) is 3.57. The maximum Gasteiger partial charge on any atom is 0.325 e. The van der Waals surface area contributed by atoms with Crippen molar-refractivity contribution >= 4 is 29.5 Å². The van der Waals surface area contributed by atoms with Gasteiger partial charge in [0, 0.05) is 27.5 Å². The number of carbonyl (C=O) groups excluding carboxylic acids is 3. The number of hydrogen-bond donors (Lipinski definition) is 1. The summed E-state index contributed by atoms with van der Waals surface area (Å²) < 4.78 is 2.04. The molecule has 1 aromatic heterocycles. The number of urea groups is 1. The minimum absolute atomic E-state index is 0.248. The molecule has 0 unspecified atom stereocenters. The van der Waals surface area contributed by atoms with Gasteiger partial charge in [0.2, 0.25) is 0 Å². The van der Waals surface area contributed by atoms with Gasteiger partial charge in [-0.3, -0.25) is 14.5 Å². The van der Waals surface area contributed by atoms with Gasteiger partial charge in [0.1, 0.15) is 5.54 Å². The summed E-state index contributed by atoms with van der Waals surface area (Å²) in [4.78, 5) is 41.7. The van der Waals surface area contributed by atoms with Crippen molar-refractivity contribution in [3.8, 4) is 5.69 Å². The number of Topliss-reactive ketones (excluding diaryl/α,β-unsaturated/α-hetero) is 1. The van der Waals surface area contributed by atoms with E-state index >= 15 is 0 Å². The molecule has 3 aromatic rings. The van der Waals surface area contributed by atoms with Crippen molar-refractivity contribution in [2.24, 2.45) is 0 Å². The molecular formula is C26H25N3O3S. The third-order valence-corrected chi connectivity index (χ3v) is 7.49. The van der Waals surface area contributed by atoms with Gasteiger partial charge in [0.15, 0.2) is 5.78 Å². The van der Waals surface area contributed by atoms with Crippen LogP contribution >= 0.6 is 11.8 Å². The lowest BCUT2D eigenvalue weighted by atomic mass is 9.92. The Labute approximate surface area is 197 Å². The topological polar surface area (TPSA) is 71.4 Å². The Balaban J connectivity index is 1.43. The van der Waals surface area contributed by atoms with E-state index in [1.807, 2.05) is 73.2 Å². The van der Waals surface area contributed by atoms with Crippen LogP contribution in [0.2, 0.25) is 0 Å². The summed E-state index contributed by atoms with van der Waals surface area (Å²) in [5.74, 6) is -0.588. The van der Waals surface area contributed by atoms with E-state index in [-0.39, 0.29) is 18.2 Å². The molecule has 1 saturated heterocycles. The van der Waals surface area contributed by atoms with E-state index < -0.39 is 11.6 Å². The Morgan fingerprint density at radius 2 is 1.88 bits per heavy atom. The molecule has 168 valence electrons. The minimum Gasteiger partial charge on any atom is -0.319 e. The highest BCUT2D eigenvalue weighted by molar-refractivity contribution is 7.98. The van der Waals surface area contributed by atoms with Gasteiger partial charge in [0.25, 0.3) is 5.91 Å².